The second-order valence-corrected chi connectivity index (χ2v) is 4.84. The van der Waals surface area contributed by atoms with Crippen LogP contribution in [0.25, 0.3) is 0 Å². The van der Waals surface area contributed by atoms with Crippen molar-refractivity contribution < 1.29 is 14.6 Å². The maximum atomic E-state index is 11.2. The van der Waals surface area contributed by atoms with E-state index in [1.165, 1.54) is 0 Å². The second kappa shape index (κ2) is 5.46. The van der Waals surface area contributed by atoms with Crippen LogP contribution < -0.4 is 16.8 Å². The third kappa shape index (κ3) is 2.97. The zero-order chi connectivity index (χ0) is 13.9. The van der Waals surface area contributed by atoms with Crippen molar-refractivity contribution in [2.45, 2.75) is 18.4 Å². The smallest absolute Gasteiger partial charge is 0.248 e. The summed E-state index contributed by atoms with van der Waals surface area (Å²) in [7, 11) is 0. The number of primary amides is 1. The van der Waals surface area contributed by atoms with Crippen LogP contribution in [0.3, 0.4) is 0 Å². The number of nitrogens with one attached hydrogen (secondary N) is 1. The van der Waals surface area contributed by atoms with Crippen LogP contribution in [-0.4, -0.2) is 36.4 Å². The van der Waals surface area contributed by atoms with Crippen LogP contribution in [0.4, 0.5) is 11.4 Å². The fourth-order valence-corrected chi connectivity index (χ4v) is 2.19. The molecule has 19 heavy (non-hydrogen) atoms. The van der Waals surface area contributed by atoms with Crippen LogP contribution in [0.15, 0.2) is 18.2 Å². The van der Waals surface area contributed by atoms with Gasteiger partial charge in [0.15, 0.2) is 0 Å². The highest BCUT2D eigenvalue weighted by Gasteiger charge is 2.32. The molecule has 1 heterocycles. The van der Waals surface area contributed by atoms with E-state index in [1.54, 1.807) is 18.2 Å². The summed E-state index contributed by atoms with van der Waals surface area (Å²) in [6, 6.07) is 4.83. The summed E-state index contributed by atoms with van der Waals surface area (Å²) in [4.78, 5) is 11.2. The molecule has 1 aliphatic rings. The van der Waals surface area contributed by atoms with Gasteiger partial charge in [0, 0.05) is 18.8 Å². The minimum atomic E-state index is -0.506. The molecule has 1 fully saturated rings. The summed E-state index contributed by atoms with van der Waals surface area (Å²) in [5.41, 5.74) is 12.2. The van der Waals surface area contributed by atoms with Gasteiger partial charge in [0.2, 0.25) is 5.91 Å². The van der Waals surface area contributed by atoms with E-state index in [-0.39, 0.29) is 6.61 Å². The molecule has 1 aromatic rings. The van der Waals surface area contributed by atoms with Crippen molar-refractivity contribution in [2.24, 2.45) is 5.73 Å². The maximum absolute atomic E-state index is 11.2. The molecule has 2 rings (SSSR count). The van der Waals surface area contributed by atoms with Crippen LogP contribution in [0.1, 0.15) is 23.2 Å². The number of benzene rings is 1. The zero-order valence-electron chi connectivity index (χ0n) is 10.7. The van der Waals surface area contributed by atoms with E-state index in [0.29, 0.717) is 43.0 Å². The van der Waals surface area contributed by atoms with Crippen LogP contribution in [-0.2, 0) is 4.74 Å². The molecule has 0 radical (unpaired) electrons. The molecule has 1 amide bonds. The lowest BCUT2D eigenvalue weighted by molar-refractivity contribution is 0.0380. The number of aliphatic hydroxyl groups is 1. The minimum absolute atomic E-state index is 0.0173. The number of aliphatic hydroxyl groups excluding tert-OH is 1. The number of nitrogens with two attached hydrogens (primary N) is 2. The molecular formula is C13H19N3O3. The number of hydrogen-bond acceptors (Lipinski definition) is 5. The molecule has 1 aromatic carbocycles. The fraction of sp³-hybridized carbons (Fsp3) is 0.462. The van der Waals surface area contributed by atoms with Gasteiger partial charge < -0.3 is 26.6 Å². The average Bonchev–Trinajstić information content (AvgIpc) is 2.42. The third-order valence-corrected chi connectivity index (χ3v) is 3.49. The number of anilines is 2. The van der Waals surface area contributed by atoms with Gasteiger partial charge in [-0.05, 0) is 31.0 Å². The average molecular weight is 265 g/mol. The number of amides is 1. The molecule has 1 aliphatic heterocycles. The monoisotopic (exact) mass is 265 g/mol. The lowest BCUT2D eigenvalue weighted by Gasteiger charge is -2.37. The molecule has 104 valence electrons. The third-order valence-electron chi connectivity index (χ3n) is 3.49. The largest absolute Gasteiger partial charge is 0.397 e. The first-order valence-electron chi connectivity index (χ1n) is 6.22. The summed E-state index contributed by atoms with van der Waals surface area (Å²) >= 11 is 0. The molecule has 0 spiro atoms. The highest BCUT2D eigenvalue weighted by Crippen LogP contribution is 2.29. The molecule has 1 saturated heterocycles. The Balaban J connectivity index is 2.25. The Bertz CT molecular complexity index is 470. The van der Waals surface area contributed by atoms with Crippen molar-refractivity contribution in [3.05, 3.63) is 23.8 Å². The standard InChI is InChI=1S/C13H19N3O3/c14-10-2-1-9(12(15)18)7-11(10)16-13(8-17)3-5-19-6-4-13/h1-2,7,16-17H,3-6,8,14H2,(H2,15,18). The van der Waals surface area contributed by atoms with Crippen molar-refractivity contribution >= 4 is 17.3 Å². The predicted molar refractivity (Wildman–Crippen MR) is 72.9 cm³/mol. The van der Waals surface area contributed by atoms with Gasteiger partial charge in [-0.3, -0.25) is 4.79 Å². The van der Waals surface area contributed by atoms with E-state index in [9.17, 15) is 9.90 Å². The topological polar surface area (TPSA) is 111 Å². The molecule has 6 nitrogen and oxygen atoms in total. The summed E-state index contributed by atoms with van der Waals surface area (Å²) in [5.74, 6) is -0.506. The van der Waals surface area contributed by atoms with Gasteiger partial charge in [0.25, 0.3) is 0 Å². The lowest BCUT2D eigenvalue weighted by atomic mass is 9.90. The predicted octanol–water partition coefficient (Wildman–Crippen LogP) is 0.321. The van der Waals surface area contributed by atoms with Crippen molar-refractivity contribution in [2.75, 3.05) is 30.9 Å². The van der Waals surface area contributed by atoms with Gasteiger partial charge in [-0.25, -0.2) is 0 Å². The Morgan fingerprint density at radius 3 is 2.68 bits per heavy atom. The van der Waals surface area contributed by atoms with Gasteiger partial charge in [-0.2, -0.15) is 0 Å². The summed E-state index contributed by atoms with van der Waals surface area (Å²) in [6.07, 6.45) is 1.37. The minimum Gasteiger partial charge on any atom is -0.397 e. The molecule has 0 aromatic heterocycles. The van der Waals surface area contributed by atoms with Gasteiger partial charge in [0.05, 0.1) is 23.5 Å². The molecule has 0 aliphatic carbocycles. The van der Waals surface area contributed by atoms with Crippen molar-refractivity contribution in [1.82, 2.24) is 0 Å². The van der Waals surface area contributed by atoms with E-state index < -0.39 is 11.4 Å². The number of carbonyl (C=O) groups excluding carboxylic acids is 1. The number of nitrogen functional groups attached to an aromatic ring is 1. The highest BCUT2D eigenvalue weighted by atomic mass is 16.5. The quantitative estimate of drug-likeness (QED) is 0.586. The van der Waals surface area contributed by atoms with E-state index in [4.69, 9.17) is 16.2 Å². The first-order chi connectivity index (χ1) is 9.06. The van der Waals surface area contributed by atoms with Crippen molar-refractivity contribution in [1.29, 1.82) is 0 Å². The van der Waals surface area contributed by atoms with E-state index in [2.05, 4.69) is 5.32 Å². The van der Waals surface area contributed by atoms with Crippen LogP contribution >= 0.6 is 0 Å². The Morgan fingerprint density at radius 1 is 1.42 bits per heavy atom. The number of hydrogen-bond donors (Lipinski definition) is 4. The molecular weight excluding hydrogens is 246 g/mol. The van der Waals surface area contributed by atoms with Gasteiger partial charge in [0.1, 0.15) is 0 Å². The molecule has 6 heteroatoms. The molecule has 0 atom stereocenters. The van der Waals surface area contributed by atoms with E-state index in [0.717, 1.165) is 0 Å². The number of ether oxygens (including phenoxy) is 1. The van der Waals surface area contributed by atoms with Gasteiger partial charge >= 0.3 is 0 Å². The van der Waals surface area contributed by atoms with Crippen LogP contribution in [0.2, 0.25) is 0 Å². The summed E-state index contributed by atoms with van der Waals surface area (Å²) < 4.78 is 5.30. The zero-order valence-corrected chi connectivity index (χ0v) is 10.7. The normalized spacial score (nSPS) is 17.9. The fourth-order valence-electron chi connectivity index (χ4n) is 2.19. The Hall–Kier alpha value is -1.79. The number of carbonyl (C=O) groups is 1. The van der Waals surface area contributed by atoms with E-state index in [1.807, 2.05) is 0 Å². The second-order valence-electron chi connectivity index (χ2n) is 4.84. The van der Waals surface area contributed by atoms with Crippen LogP contribution in [0, 0.1) is 0 Å². The maximum Gasteiger partial charge on any atom is 0.248 e. The number of rotatable bonds is 4. The Labute approximate surface area is 111 Å². The molecule has 0 saturated carbocycles. The van der Waals surface area contributed by atoms with Crippen molar-refractivity contribution in [3.8, 4) is 0 Å². The van der Waals surface area contributed by atoms with Gasteiger partial charge in [-0.1, -0.05) is 0 Å². The van der Waals surface area contributed by atoms with E-state index >= 15 is 0 Å². The van der Waals surface area contributed by atoms with Gasteiger partial charge in [-0.15, -0.1) is 0 Å². The molecule has 0 bridgehead atoms. The highest BCUT2D eigenvalue weighted by molar-refractivity contribution is 5.95. The summed E-state index contributed by atoms with van der Waals surface area (Å²) in [6.45, 7) is 1.16. The Kier molecular flexibility index (Phi) is 3.92. The first-order valence-corrected chi connectivity index (χ1v) is 6.22. The van der Waals surface area contributed by atoms with Crippen LogP contribution in [0.5, 0.6) is 0 Å². The molecule has 0 unspecified atom stereocenters. The Morgan fingerprint density at radius 2 is 2.11 bits per heavy atom. The first kappa shape index (κ1) is 13.6. The summed E-state index contributed by atoms with van der Waals surface area (Å²) in [5, 5.41) is 12.9. The van der Waals surface area contributed by atoms with Crippen molar-refractivity contribution in [3.63, 3.8) is 0 Å². The molecule has 6 N–H and O–H groups in total. The SMILES string of the molecule is NC(=O)c1ccc(N)c(NC2(CO)CCOCC2)c1. The lowest BCUT2D eigenvalue weighted by Crippen LogP contribution is -2.47.